The lowest BCUT2D eigenvalue weighted by atomic mass is 10.4. The standard InChI is InChI=1S/C8H11S.C2H6O3S/c1-9(2)8-6-4-3-5-7-8;1-2-6(3,4)5/h3-7H,1-2H3;2H2,1H3,(H,3,4,5)/q+1;/p-1. The monoisotopic (exact) mass is 248 g/mol. The quantitative estimate of drug-likeness (QED) is 0.588. The lowest BCUT2D eigenvalue weighted by Crippen LogP contribution is -1.98. The Morgan fingerprint density at radius 1 is 1.20 bits per heavy atom. The van der Waals surface area contributed by atoms with Gasteiger partial charge in [0.05, 0.1) is 10.1 Å². The van der Waals surface area contributed by atoms with E-state index in [1.54, 1.807) is 0 Å². The maximum absolute atomic E-state index is 9.44. The van der Waals surface area contributed by atoms with Crippen molar-refractivity contribution in [2.75, 3.05) is 18.3 Å². The average Bonchev–Trinajstić information content (AvgIpc) is 2.19. The third-order valence-electron chi connectivity index (χ3n) is 1.57. The van der Waals surface area contributed by atoms with E-state index in [-0.39, 0.29) is 5.75 Å². The maximum Gasteiger partial charge on any atom is 0.154 e. The Morgan fingerprint density at radius 3 is 1.80 bits per heavy atom. The van der Waals surface area contributed by atoms with Crippen LogP contribution >= 0.6 is 0 Å². The highest BCUT2D eigenvalue weighted by molar-refractivity contribution is 7.95. The second kappa shape index (κ2) is 6.87. The van der Waals surface area contributed by atoms with Crippen LogP contribution in [-0.4, -0.2) is 31.2 Å². The van der Waals surface area contributed by atoms with Crippen LogP contribution in [0.1, 0.15) is 6.92 Å². The van der Waals surface area contributed by atoms with Gasteiger partial charge in [-0.25, -0.2) is 8.42 Å². The minimum Gasteiger partial charge on any atom is -0.748 e. The van der Waals surface area contributed by atoms with Gasteiger partial charge in [-0.15, -0.1) is 0 Å². The summed E-state index contributed by atoms with van der Waals surface area (Å²) in [5, 5.41) is 0. The molecule has 0 spiro atoms. The van der Waals surface area contributed by atoms with E-state index in [1.165, 1.54) is 11.8 Å². The smallest absolute Gasteiger partial charge is 0.154 e. The van der Waals surface area contributed by atoms with Gasteiger partial charge in [-0.1, -0.05) is 25.1 Å². The zero-order valence-electron chi connectivity index (χ0n) is 9.14. The third-order valence-corrected chi connectivity index (χ3v) is 3.49. The molecule has 0 aliphatic heterocycles. The molecule has 0 aliphatic rings. The van der Waals surface area contributed by atoms with Gasteiger partial charge in [-0.3, -0.25) is 0 Å². The molecule has 0 aliphatic carbocycles. The van der Waals surface area contributed by atoms with Gasteiger partial charge >= 0.3 is 0 Å². The summed E-state index contributed by atoms with van der Waals surface area (Å²) in [7, 11) is -3.49. The minimum atomic E-state index is -3.91. The van der Waals surface area contributed by atoms with Crippen molar-refractivity contribution in [3.8, 4) is 0 Å². The first-order valence-corrected chi connectivity index (χ1v) is 8.05. The van der Waals surface area contributed by atoms with Crippen LogP contribution in [0, 0.1) is 0 Å². The fraction of sp³-hybridized carbons (Fsp3) is 0.400. The molecule has 0 unspecified atom stereocenters. The predicted molar refractivity (Wildman–Crippen MR) is 64.2 cm³/mol. The lowest BCUT2D eigenvalue weighted by Gasteiger charge is -1.97. The van der Waals surface area contributed by atoms with Crippen LogP contribution in [0.15, 0.2) is 35.2 Å². The summed E-state index contributed by atoms with van der Waals surface area (Å²) in [6.45, 7) is 1.31. The normalized spacial score (nSPS) is 10.7. The van der Waals surface area contributed by atoms with Gasteiger partial charge in [0.15, 0.2) is 4.90 Å². The highest BCUT2D eigenvalue weighted by Crippen LogP contribution is 2.05. The van der Waals surface area contributed by atoms with Crippen molar-refractivity contribution in [3.63, 3.8) is 0 Å². The van der Waals surface area contributed by atoms with Gasteiger partial charge < -0.3 is 4.55 Å². The molecular weight excluding hydrogens is 232 g/mol. The zero-order chi connectivity index (χ0) is 11.9. The Balaban J connectivity index is 0.000000288. The van der Waals surface area contributed by atoms with Crippen molar-refractivity contribution >= 4 is 21.0 Å². The van der Waals surface area contributed by atoms with Crippen molar-refractivity contribution in [3.05, 3.63) is 30.3 Å². The Kier molecular flexibility index (Phi) is 6.63. The van der Waals surface area contributed by atoms with Crippen LogP contribution in [0.3, 0.4) is 0 Å². The lowest BCUT2D eigenvalue weighted by molar-refractivity contribution is 0.464. The van der Waals surface area contributed by atoms with Crippen molar-refractivity contribution in [1.29, 1.82) is 0 Å². The summed E-state index contributed by atoms with van der Waals surface area (Å²) in [5.74, 6) is -0.312. The molecule has 0 saturated heterocycles. The summed E-state index contributed by atoms with van der Waals surface area (Å²) in [5.41, 5.74) is 0. The molecule has 1 rings (SSSR count). The predicted octanol–water partition coefficient (Wildman–Crippen LogP) is 1.47. The average molecular weight is 248 g/mol. The highest BCUT2D eigenvalue weighted by Gasteiger charge is 2.03. The first-order valence-electron chi connectivity index (χ1n) is 4.43. The van der Waals surface area contributed by atoms with Gasteiger partial charge in [-0.05, 0) is 12.1 Å². The van der Waals surface area contributed by atoms with E-state index in [4.69, 9.17) is 0 Å². The molecule has 3 nitrogen and oxygen atoms in total. The van der Waals surface area contributed by atoms with E-state index < -0.39 is 10.1 Å². The SMILES string of the molecule is CCS(=O)(=O)[O-].C[S+](C)c1ccccc1. The molecule has 0 radical (unpaired) electrons. The molecular formula is C10H16O3S2. The van der Waals surface area contributed by atoms with E-state index in [0.717, 1.165) is 0 Å². The number of rotatable bonds is 2. The molecule has 5 heteroatoms. The van der Waals surface area contributed by atoms with Gasteiger partial charge in [0.1, 0.15) is 12.5 Å². The number of hydrogen-bond acceptors (Lipinski definition) is 3. The molecule has 0 heterocycles. The third kappa shape index (κ3) is 8.47. The molecule has 15 heavy (non-hydrogen) atoms. The molecule has 1 aromatic carbocycles. The Labute approximate surface area is 94.6 Å². The van der Waals surface area contributed by atoms with Gasteiger partial charge in [0, 0.05) is 16.6 Å². The summed E-state index contributed by atoms with van der Waals surface area (Å²) in [4.78, 5) is 1.44. The number of benzene rings is 1. The second-order valence-electron chi connectivity index (χ2n) is 2.98. The van der Waals surface area contributed by atoms with Crippen molar-refractivity contribution < 1.29 is 13.0 Å². The van der Waals surface area contributed by atoms with Gasteiger partial charge in [-0.2, -0.15) is 0 Å². The van der Waals surface area contributed by atoms with E-state index in [9.17, 15) is 13.0 Å². The second-order valence-corrected chi connectivity index (χ2v) is 6.77. The summed E-state index contributed by atoms with van der Waals surface area (Å²) in [6.07, 6.45) is 4.46. The van der Waals surface area contributed by atoms with Crippen molar-refractivity contribution in [1.82, 2.24) is 0 Å². The molecule has 0 bridgehead atoms. The van der Waals surface area contributed by atoms with Gasteiger partial charge in [0.25, 0.3) is 0 Å². The fourth-order valence-corrected chi connectivity index (χ4v) is 1.39. The first-order chi connectivity index (χ1) is 6.87. The van der Waals surface area contributed by atoms with Crippen molar-refractivity contribution in [2.45, 2.75) is 11.8 Å². The Bertz CT molecular complexity index is 358. The summed E-state index contributed by atoms with van der Waals surface area (Å²) < 4.78 is 28.3. The molecule has 86 valence electrons. The zero-order valence-corrected chi connectivity index (χ0v) is 10.8. The van der Waals surface area contributed by atoms with Crippen LogP contribution in [-0.2, 0) is 21.0 Å². The van der Waals surface area contributed by atoms with Crippen molar-refractivity contribution in [2.24, 2.45) is 0 Å². The van der Waals surface area contributed by atoms with E-state index in [0.29, 0.717) is 10.9 Å². The molecule has 0 fully saturated rings. The summed E-state index contributed by atoms with van der Waals surface area (Å²) >= 11 is 0. The summed E-state index contributed by atoms with van der Waals surface area (Å²) in [6, 6.07) is 10.6. The Morgan fingerprint density at radius 2 is 1.60 bits per heavy atom. The maximum atomic E-state index is 9.44. The Hall–Kier alpha value is -0.520. The number of hydrogen-bond donors (Lipinski definition) is 0. The topological polar surface area (TPSA) is 57.2 Å². The molecule has 0 atom stereocenters. The van der Waals surface area contributed by atoms with E-state index in [1.807, 2.05) is 0 Å². The molecule has 0 N–H and O–H groups in total. The van der Waals surface area contributed by atoms with Gasteiger partial charge in [0.2, 0.25) is 0 Å². The highest BCUT2D eigenvalue weighted by atomic mass is 32.2. The van der Waals surface area contributed by atoms with Crippen LogP contribution in [0.25, 0.3) is 0 Å². The van der Waals surface area contributed by atoms with Crippen LogP contribution in [0.2, 0.25) is 0 Å². The van der Waals surface area contributed by atoms with E-state index in [2.05, 4.69) is 42.8 Å². The largest absolute Gasteiger partial charge is 0.748 e. The first kappa shape index (κ1) is 14.5. The van der Waals surface area contributed by atoms with Crippen LogP contribution in [0.5, 0.6) is 0 Å². The molecule has 0 aromatic heterocycles. The fourth-order valence-electron chi connectivity index (χ4n) is 0.693. The molecule has 0 amide bonds. The van der Waals surface area contributed by atoms with Crippen LogP contribution in [0.4, 0.5) is 0 Å². The van der Waals surface area contributed by atoms with Crippen LogP contribution < -0.4 is 0 Å². The molecule has 1 aromatic rings. The molecule has 0 saturated carbocycles. The van der Waals surface area contributed by atoms with E-state index >= 15 is 0 Å². The minimum absolute atomic E-state index is 0.312.